The third-order valence-corrected chi connectivity index (χ3v) is 7.12. The topological polar surface area (TPSA) is 0 Å². The van der Waals surface area contributed by atoms with Crippen LogP contribution in [0.4, 0.5) is 0 Å². The van der Waals surface area contributed by atoms with E-state index in [-0.39, 0.29) is 0 Å². The lowest BCUT2D eigenvalue weighted by atomic mass is 9.85. The van der Waals surface area contributed by atoms with E-state index in [1.165, 1.54) is 46.0 Å². The van der Waals surface area contributed by atoms with E-state index < -0.39 is 0 Å². The van der Waals surface area contributed by atoms with Crippen LogP contribution in [0.15, 0.2) is 18.2 Å². The Hall–Kier alpha value is -0.900. The molecule has 116 valence electrons. The van der Waals surface area contributed by atoms with Crippen molar-refractivity contribution >= 4 is 34.0 Å². The molecule has 0 radical (unpaired) electrons. The molecule has 0 spiro atoms. The summed E-state index contributed by atoms with van der Waals surface area (Å²) < 4.78 is 0. The fourth-order valence-electron chi connectivity index (χ4n) is 3.31. The second kappa shape index (κ2) is 5.95. The highest BCUT2D eigenvalue weighted by molar-refractivity contribution is 7.12. The minimum atomic E-state index is 0.389. The maximum absolute atomic E-state index is 2.39. The third-order valence-electron chi connectivity index (χ3n) is 4.17. The zero-order valence-corrected chi connectivity index (χ0v) is 16.5. The monoisotopic (exact) mass is 346 g/mol. The first kappa shape index (κ1) is 16.0. The normalized spacial score (nSPS) is 11.6. The summed E-state index contributed by atoms with van der Waals surface area (Å²) in [6.07, 6.45) is 0. The summed E-state index contributed by atoms with van der Waals surface area (Å²) in [5.41, 5.74) is 4.47. The highest BCUT2D eigenvalue weighted by Crippen LogP contribution is 2.43. The van der Waals surface area contributed by atoms with Crippen LogP contribution >= 0.6 is 34.0 Å². The maximum Gasteiger partial charge on any atom is 0.0372 e. The molecule has 0 nitrogen and oxygen atoms in total. The van der Waals surface area contributed by atoms with E-state index in [4.69, 9.17) is 0 Å². The van der Waals surface area contributed by atoms with Crippen molar-refractivity contribution in [3.8, 4) is 0 Å². The Morgan fingerprint density at radius 1 is 0.545 bits per heavy atom. The third kappa shape index (κ3) is 2.82. The predicted octanol–water partition coefficient (Wildman–Crippen LogP) is 6.90. The minimum absolute atomic E-state index is 0.389. The lowest BCUT2D eigenvalue weighted by Gasteiger charge is -2.18. The molecule has 3 heteroatoms. The van der Waals surface area contributed by atoms with Crippen molar-refractivity contribution < 1.29 is 0 Å². The average molecular weight is 347 g/mol. The van der Waals surface area contributed by atoms with E-state index in [9.17, 15) is 0 Å². The predicted molar refractivity (Wildman–Crippen MR) is 102 cm³/mol. The van der Waals surface area contributed by atoms with Crippen molar-refractivity contribution in [1.29, 1.82) is 0 Å². The molecular weight excluding hydrogens is 324 g/mol. The Morgan fingerprint density at radius 3 is 1.00 bits per heavy atom. The van der Waals surface area contributed by atoms with Gasteiger partial charge in [-0.3, -0.25) is 0 Å². The second-order valence-electron chi connectivity index (χ2n) is 6.04. The van der Waals surface area contributed by atoms with Crippen LogP contribution in [0.3, 0.4) is 0 Å². The van der Waals surface area contributed by atoms with Gasteiger partial charge in [-0.25, -0.2) is 0 Å². The van der Waals surface area contributed by atoms with E-state index in [1.54, 1.807) is 0 Å². The highest BCUT2D eigenvalue weighted by atomic mass is 32.1. The Labute approximate surface area is 145 Å². The summed E-state index contributed by atoms with van der Waals surface area (Å²) in [4.78, 5) is 8.59. The van der Waals surface area contributed by atoms with Crippen molar-refractivity contribution in [2.45, 2.75) is 47.5 Å². The molecule has 3 aromatic rings. The van der Waals surface area contributed by atoms with E-state index in [1.807, 2.05) is 34.0 Å². The molecule has 3 heterocycles. The summed E-state index contributed by atoms with van der Waals surface area (Å²) >= 11 is 5.76. The van der Waals surface area contributed by atoms with E-state index >= 15 is 0 Å². The first-order valence-electron chi connectivity index (χ1n) is 7.57. The molecule has 0 amide bonds. The lowest BCUT2D eigenvalue weighted by molar-refractivity contribution is 0.965. The van der Waals surface area contributed by atoms with Crippen molar-refractivity contribution in [1.82, 2.24) is 0 Å². The fraction of sp³-hybridized carbons (Fsp3) is 0.368. The molecule has 0 aliphatic carbocycles. The average Bonchev–Trinajstić information content (AvgIpc) is 3.02. The minimum Gasteiger partial charge on any atom is -0.146 e. The zero-order chi connectivity index (χ0) is 16.0. The molecule has 0 aliphatic heterocycles. The van der Waals surface area contributed by atoms with Gasteiger partial charge in [0.25, 0.3) is 0 Å². The van der Waals surface area contributed by atoms with Gasteiger partial charge in [-0.05, 0) is 76.4 Å². The highest BCUT2D eigenvalue weighted by Gasteiger charge is 2.25. The van der Waals surface area contributed by atoms with Gasteiger partial charge in [-0.2, -0.15) is 0 Å². The zero-order valence-electron chi connectivity index (χ0n) is 14.0. The molecule has 22 heavy (non-hydrogen) atoms. The van der Waals surface area contributed by atoms with Gasteiger partial charge in [0.1, 0.15) is 0 Å². The maximum atomic E-state index is 2.39. The number of hydrogen-bond acceptors (Lipinski definition) is 3. The van der Waals surface area contributed by atoms with Gasteiger partial charge in [0.2, 0.25) is 0 Å². The van der Waals surface area contributed by atoms with Crippen LogP contribution in [0.1, 0.15) is 51.9 Å². The van der Waals surface area contributed by atoms with Crippen LogP contribution in [0.2, 0.25) is 0 Å². The van der Waals surface area contributed by atoms with Crippen LogP contribution in [0, 0.1) is 41.5 Å². The summed E-state index contributed by atoms with van der Waals surface area (Å²) in [6.45, 7) is 13.5. The van der Waals surface area contributed by atoms with Crippen LogP contribution in [0.25, 0.3) is 0 Å². The van der Waals surface area contributed by atoms with Gasteiger partial charge < -0.3 is 0 Å². The molecule has 0 aliphatic rings. The quantitative estimate of drug-likeness (QED) is 0.484. The Kier molecular flexibility index (Phi) is 4.32. The molecule has 0 saturated carbocycles. The lowest BCUT2D eigenvalue weighted by Crippen LogP contribution is -2.04. The molecule has 3 aromatic heterocycles. The summed E-state index contributed by atoms with van der Waals surface area (Å²) in [7, 11) is 0. The van der Waals surface area contributed by atoms with Gasteiger partial charge in [0, 0.05) is 35.2 Å². The van der Waals surface area contributed by atoms with E-state index in [0.29, 0.717) is 5.92 Å². The van der Waals surface area contributed by atoms with Crippen molar-refractivity contribution in [2.75, 3.05) is 0 Å². The van der Waals surface area contributed by atoms with Crippen molar-refractivity contribution in [3.05, 3.63) is 64.2 Å². The van der Waals surface area contributed by atoms with Crippen LogP contribution in [-0.4, -0.2) is 0 Å². The molecular formula is C19H22S3. The smallest absolute Gasteiger partial charge is 0.0372 e. The molecule has 0 saturated heterocycles. The molecule has 0 fully saturated rings. The van der Waals surface area contributed by atoms with Gasteiger partial charge in [-0.1, -0.05) is 0 Å². The van der Waals surface area contributed by atoms with Crippen LogP contribution < -0.4 is 0 Å². The molecule has 0 N–H and O–H groups in total. The number of thiophene rings is 3. The van der Waals surface area contributed by atoms with Gasteiger partial charge >= 0.3 is 0 Å². The van der Waals surface area contributed by atoms with E-state index in [2.05, 4.69) is 59.7 Å². The van der Waals surface area contributed by atoms with Crippen molar-refractivity contribution in [2.24, 2.45) is 0 Å². The summed E-state index contributed by atoms with van der Waals surface area (Å²) in [5.74, 6) is 0.389. The largest absolute Gasteiger partial charge is 0.146 e. The SMILES string of the molecule is Cc1cc(C(c2cc(C)sc2C)c2cc(C)sc2C)c(C)s1. The van der Waals surface area contributed by atoms with Gasteiger partial charge in [0.05, 0.1) is 0 Å². The summed E-state index contributed by atoms with van der Waals surface area (Å²) in [6, 6.07) is 7.18. The van der Waals surface area contributed by atoms with Crippen LogP contribution in [0.5, 0.6) is 0 Å². The van der Waals surface area contributed by atoms with Gasteiger partial charge in [-0.15, -0.1) is 34.0 Å². The van der Waals surface area contributed by atoms with E-state index in [0.717, 1.165) is 0 Å². The molecule has 0 atom stereocenters. The first-order valence-corrected chi connectivity index (χ1v) is 10.0. The first-order chi connectivity index (χ1) is 10.4. The molecule has 0 bridgehead atoms. The standard InChI is InChI=1S/C19H22S3/c1-10-7-16(13(4)20-10)19(17-8-11(2)21-14(17)5)18-9-12(3)22-15(18)6/h7-9,19H,1-6H3. The van der Waals surface area contributed by atoms with Crippen molar-refractivity contribution in [3.63, 3.8) is 0 Å². The Balaban J connectivity index is 2.25. The summed E-state index contributed by atoms with van der Waals surface area (Å²) in [5, 5.41) is 0. The van der Waals surface area contributed by atoms with Gasteiger partial charge in [0.15, 0.2) is 0 Å². The number of hydrogen-bond donors (Lipinski definition) is 0. The number of rotatable bonds is 3. The molecule has 3 rings (SSSR count). The van der Waals surface area contributed by atoms with Crippen LogP contribution in [-0.2, 0) is 0 Å². The fourth-order valence-corrected chi connectivity index (χ4v) is 6.20. The Bertz CT molecular complexity index is 704. The second-order valence-corrected chi connectivity index (χ2v) is 10.4. The molecule has 0 unspecified atom stereocenters. The molecule has 0 aromatic carbocycles. The number of aryl methyl sites for hydroxylation is 6. The Morgan fingerprint density at radius 2 is 0.818 bits per heavy atom.